The fourth-order valence-electron chi connectivity index (χ4n) is 4.12. The molecule has 0 saturated heterocycles. The van der Waals surface area contributed by atoms with Crippen LogP contribution in [-0.2, 0) is 9.53 Å². The number of hydrogen-bond donors (Lipinski definition) is 0. The first-order chi connectivity index (χ1) is 18.4. The summed E-state index contributed by atoms with van der Waals surface area (Å²) >= 11 is 17.6. The third kappa shape index (κ3) is 15.8. The van der Waals surface area contributed by atoms with Gasteiger partial charge >= 0.3 is 12.0 Å². The van der Waals surface area contributed by atoms with E-state index >= 15 is 0 Å². The Kier molecular flexibility index (Phi) is 16.9. The number of benzene rings is 2. The van der Waals surface area contributed by atoms with E-state index in [9.17, 15) is 4.79 Å². The Hall–Kier alpha value is -1.46. The van der Waals surface area contributed by atoms with Crippen molar-refractivity contribution >= 4 is 51.3 Å². The van der Waals surface area contributed by atoms with Crippen LogP contribution in [0.15, 0.2) is 54.6 Å². The molecular weight excluding hydrogens is 555 g/mol. The van der Waals surface area contributed by atoms with Gasteiger partial charge in [0.25, 0.3) is 0 Å². The summed E-state index contributed by atoms with van der Waals surface area (Å²) in [6.45, 7) is 3.44. The molecule has 210 valence electrons. The molecule has 38 heavy (non-hydrogen) atoms. The number of carbonyl (C=O) groups excluding carboxylic acids is 1. The molecule has 0 amide bonds. The van der Waals surface area contributed by atoms with Crippen LogP contribution in [-0.4, -0.2) is 25.2 Å². The number of hydrogen-bond acceptors (Lipinski definition) is 3. The summed E-state index contributed by atoms with van der Waals surface area (Å²) in [5.41, 5.74) is 3.21. The van der Waals surface area contributed by atoms with Crippen molar-refractivity contribution in [1.82, 2.24) is 0 Å². The lowest BCUT2D eigenvalue weighted by atomic mass is 10.0. The van der Waals surface area contributed by atoms with Gasteiger partial charge in [0, 0.05) is 6.08 Å². The molecule has 0 unspecified atom stereocenters. The van der Waals surface area contributed by atoms with Gasteiger partial charge < -0.3 is 9.47 Å². The first kappa shape index (κ1) is 32.7. The van der Waals surface area contributed by atoms with E-state index < -0.39 is 6.00 Å². The first-order valence-corrected chi connectivity index (χ1v) is 19.4. The van der Waals surface area contributed by atoms with Crippen LogP contribution < -0.4 is 4.74 Å². The number of unbranched alkanes of at least 4 members (excludes halogenated alkanes) is 10. The third-order valence-electron chi connectivity index (χ3n) is 6.38. The van der Waals surface area contributed by atoms with Crippen molar-refractivity contribution in [3.05, 3.63) is 60.2 Å². The Morgan fingerprint density at radius 2 is 1.24 bits per heavy atom. The van der Waals surface area contributed by atoms with Crippen LogP contribution >= 0.6 is 33.2 Å². The fourth-order valence-corrected chi connectivity index (χ4v) is 5.98. The zero-order valence-corrected chi connectivity index (χ0v) is 26.0. The summed E-state index contributed by atoms with van der Waals surface area (Å²) < 4.78 is 11.2. The summed E-state index contributed by atoms with van der Waals surface area (Å²) in [5, 5.41) is 0. The highest BCUT2D eigenvalue weighted by Gasteiger charge is 2.23. The molecule has 2 aromatic rings. The molecule has 7 heteroatoms. The van der Waals surface area contributed by atoms with E-state index in [1.54, 1.807) is 6.08 Å². The van der Waals surface area contributed by atoms with Crippen molar-refractivity contribution in [3.63, 3.8) is 0 Å². The van der Waals surface area contributed by atoms with Gasteiger partial charge in [-0.3, -0.25) is 0 Å². The SMILES string of the molecule is CCCCCCCCCCOc1ccc(-c2ccc(/C=C/C(=O)OCCCCCC[Si](Cl)(Cl)Cl)cc2)cc1. The van der Waals surface area contributed by atoms with Crippen molar-refractivity contribution < 1.29 is 14.3 Å². The number of halogens is 3. The average Bonchev–Trinajstić information content (AvgIpc) is 2.90. The van der Waals surface area contributed by atoms with Gasteiger partial charge in [-0.2, -0.15) is 0 Å². The van der Waals surface area contributed by atoms with Gasteiger partial charge in [-0.15, -0.1) is 33.2 Å². The van der Waals surface area contributed by atoms with Gasteiger partial charge in [-0.05, 0) is 53.8 Å². The van der Waals surface area contributed by atoms with Gasteiger partial charge in [0.2, 0.25) is 0 Å². The summed E-state index contributed by atoms with van der Waals surface area (Å²) in [5.74, 6) is 0.588. The Balaban J connectivity index is 1.63. The van der Waals surface area contributed by atoms with E-state index in [0.29, 0.717) is 12.7 Å². The highest BCUT2D eigenvalue weighted by atomic mass is 35.8. The molecule has 0 radical (unpaired) electrons. The normalized spacial score (nSPS) is 11.7. The molecule has 2 rings (SSSR count). The van der Waals surface area contributed by atoms with E-state index in [4.69, 9.17) is 42.7 Å². The second-order valence-corrected chi connectivity index (χ2v) is 19.0. The molecule has 0 saturated carbocycles. The Labute approximate surface area is 245 Å². The van der Waals surface area contributed by atoms with Crippen molar-refractivity contribution in [2.75, 3.05) is 13.2 Å². The predicted octanol–water partition coefficient (Wildman–Crippen LogP) is 10.6. The van der Waals surface area contributed by atoms with Gasteiger partial charge in [0.15, 0.2) is 0 Å². The Bertz CT molecular complexity index is 925. The Morgan fingerprint density at radius 1 is 0.711 bits per heavy atom. The van der Waals surface area contributed by atoms with E-state index in [-0.39, 0.29) is 5.97 Å². The number of rotatable bonds is 20. The lowest BCUT2D eigenvalue weighted by Crippen LogP contribution is -2.07. The van der Waals surface area contributed by atoms with Crippen molar-refractivity contribution in [1.29, 1.82) is 0 Å². The molecule has 0 spiro atoms. The maximum atomic E-state index is 12.0. The summed E-state index contributed by atoms with van der Waals surface area (Å²) in [6, 6.07) is 14.5. The minimum Gasteiger partial charge on any atom is -0.494 e. The Morgan fingerprint density at radius 3 is 1.84 bits per heavy atom. The zero-order valence-electron chi connectivity index (χ0n) is 22.7. The number of esters is 1. The van der Waals surface area contributed by atoms with Gasteiger partial charge in [-0.1, -0.05) is 108 Å². The van der Waals surface area contributed by atoms with E-state index in [1.807, 2.05) is 24.3 Å². The second kappa shape index (κ2) is 19.6. The minimum atomic E-state index is -2.51. The van der Waals surface area contributed by atoms with Crippen LogP contribution in [0, 0.1) is 0 Å². The van der Waals surface area contributed by atoms with E-state index in [2.05, 4.69) is 31.2 Å². The van der Waals surface area contributed by atoms with Gasteiger partial charge in [0.1, 0.15) is 5.75 Å². The second-order valence-electron chi connectivity index (χ2n) is 9.75. The molecule has 0 N–H and O–H groups in total. The molecule has 0 aliphatic rings. The van der Waals surface area contributed by atoms with E-state index in [1.165, 1.54) is 51.0 Å². The number of carbonyl (C=O) groups is 1. The summed E-state index contributed by atoms with van der Waals surface area (Å²) in [7, 11) is 0. The van der Waals surface area contributed by atoms with Crippen LogP contribution in [0.3, 0.4) is 0 Å². The third-order valence-corrected chi connectivity index (χ3v) is 9.00. The average molecular weight is 598 g/mol. The highest BCUT2D eigenvalue weighted by Crippen LogP contribution is 2.27. The lowest BCUT2D eigenvalue weighted by molar-refractivity contribution is -0.137. The fraction of sp³-hybridized carbons (Fsp3) is 0.516. The summed E-state index contributed by atoms with van der Waals surface area (Å²) in [4.78, 5) is 12.0. The molecule has 0 fully saturated rings. The topological polar surface area (TPSA) is 35.5 Å². The van der Waals surface area contributed by atoms with Gasteiger partial charge in [-0.25, -0.2) is 4.79 Å². The molecule has 0 bridgehead atoms. The maximum absolute atomic E-state index is 12.0. The van der Waals surface area contributed by atoms with E-state index in [0.717, 1.165) is 61.2 Å². The van der Waals surface area contributed by atoms with Crippen LogP contribution in [0.4, 0.5) is 0 Å². The molecule has 0 heterocycles. The number of ether oxygens (including phenoxy) is 2. The quantitative estimate of drug-likeness (QED) is 0.0500. The maximum Gasteiger partial charge on any atom is 0.341 e. The molecular formula is C31H43Cl3O3Si. The minimum absolute atomic E-state index is 0.328. The standard InChI is InChI=1S/C31H43Cl3O3Si/c1-2-3-4-5-6-7-8-11-24-36-30-21-19-29(20-22-30)28-17-14-27(15-18-28)16-23-31(35)37-25-12-9-10-13-26-38(32,33)34/h14-23H,2-13,24-26H2,1H3/b23-16+. The molecule has 2 aromatic carbocycles. The van der Waals surface area contributed by atoms with Crippen LogP contribution in [0.5, 0.6) is 5.75 Å². The smallest absolute Gasteiger partial charge is 0.341 e. The molecule has 0 aliphatic carbocycles. The first-order valence-electron chi connectivity index (χ1n) is 14.1. The van der Waals surface area contributed by atoms with Crippen LogP contribution in [0.1, 0.15) is 89.5 Å². The lowest BCUT2D eigenvalue weighted by Gasteiger charge is -2.08. The van der Waals surface area contributed by atoms with Crippen molar-refractivity contribution in [2.24, 2.45) is 0 Å². The van der Waals surface area contributed by atoms with Crippen molar-refractivity contribution in [2.45, 2.75) is 90.0 Å². The summed E-state index contributed by atoms with van der Waals surface area (Å²) in [6.07, 6.45) is 17.3. The van der Waals surface area contributed by atoms with Crippen molar-refractivity contribution in [3.8, 4) is 16.9 Å². The van der Waals surface area contributed by atoms with Crippen LogP contribution in [0.25, 0.3) is 17.2 Å². The zero-order chi connectivity index (χ0) is 27.5. The molecule has 0 atom stereocenters. The van der Waals surface area contributed by atoms with Crippen LogP contribution in [0.2, 0.25) is 6.04 Å². The highest BCUT2D eigenvalue weighted by molar-refractivity contribution is 7.64. The molecule has 0 aliphatic heterocycles. The molecule has 0 aromatic heterocycles. The molecule has 3 nitrogen and oxygen atoms in total. The predicted molar refractivity (Wildman–Crippen MR) is 167 cm³/mol. The van der Waals surface area contributed by atoms with Gasteiger partial charge in [0.05, 0.1) is 13.2 Å². The monoisotopic (exact) mass is 596 g/mol. The largest absolute Gasteiger partial charge is 0.494 e.